The standard InChI is InChI=1S/C13H21N3O2/c1-11-7-6-8-12(16(17)18)13(11)14-9-4-5-10-15(2)3/h6-8,14H,4-5,9-10H2,1-3H3. The van der Waals surface area contributed by atoms with Crippen LogP contribution in [0, 0.1) is 17.0 Å². The van der Waals surface area contributed by atoms with E-state index in [0.717, 1.165) is 31.5 Å². The first-order chi connectivity index (χ1) is 8.52. The topological polar surface area (TPSA) is 58.4 Å². The fraction of sp³-hybridized carbons (Fsp3) is 0.538. The van der Waals surface area contributed by atoms with Crippen LogP contribution in [0.2, 0.25) is 0 Å². The molecular formula is C13H21N3O2. The Morgan fingerprint density at radius 3 is 2.67 bits per heavy atom. The molecule has 0 spiro atoms. The molecule has 1 rings (SSSR count). The van der Waals surface area contributed by atoms with Gasteiger partial charge in [-0.05, 0) is 46.0 Å². The van der Waals surface area contributed by atoms with Gasteiger partial charge in [0.15, 0.2) is 0 Å². The number of rotatable bonds is 7. The lowest BCUT2D eigenvalue weighted by Crippen LogP contribution is -2.14. The summed E-state index contributed by atoms with van der Waals surface area (Å²) in [7, 11) is 4.08. The van der Waals surface area contributed by atoms with E-state index in [4.69, 9.17) is 0 Å². The summed E-state index contributed by atoms with van der Waals surface area (Å²) in [6.45, 7) is 3.69. The maximum Gasteiger partial charge on any atom is 0.292 e. The van der Waals surface area contributed by atoms with Gasteiger partial charge < -0.3 is 10.2 Å². The number of benzene rings is 1. The van der Waals surface area contributed by atoms with Crippen molar-refractivity contribution in [2.45, 2.75) is 19.8 Å². The Hall–Kier alpha value is -1.62. The Balaban J connectivity index is 2.53. The van der Waals surface area contributed by atoms with Crippen molar-refractivity contribution in [2.24, 2.45) is 0 Å². The van der Waals surface area contributed by atoms with Gasteiger partial charge in [-0.1, -0.05) is 12.1 Å². The zero-order valence-corrected chi connectivity index (χ0v) is 11.3. The van der Waals surface area contributed by atoms with Crippen LogP contribution >= 0.6 is 0 Å². The van der Waals surface area contributed by atoms with Crippen LogP contribution in [0.3, 0.4) is 0 Å². The molecule has 1 aromatic carbocycles. The number of nitrogens with zero attached hydrogens (tertiary/aromatic N) is 2. The van der Waals surface area contributed by atoms with Crippen molar-refractivity contribution in [2.75, 3.05) is 32.5 Å². The van der Waals surface area contributed by atoms with E-state index in [1.165, 1.54) is 6.07 Å². The van der Waals surface area contributed by atoms with Crippen molar-refractivity contribution < 1.29 is 4.92 Å². The van der Waals surface area contributed by atoms with E-state index < -0.39 is 0 Å². The third-order valence-electron chi connectivity index (χ3n) is 2.78. The molecule has 1 N–H and O–H groups in total. The predicted octanol–water partition coefficient (Wildman–Crippen LogP) is 2.66. The van der Waals surface area contributed by atoms with Gasteiger partial charge in [0.1, 0.15) is 5.69 Å². The minimum Gasteiger partial charge on any atom is -0.379 e. The number of aryl methyl sites for hydroxylation is 1. The van der Waals surface area contributed by atoms with Crippen LogP contribution in [-0.4, -0.2) is 37.0 Å². The van der Waals surface area contributed by atoms with Crippen LogP contribution in [0.1, 0.15) is 18.4 Å². The second-order valence-electron chi connectivity index (χ2n) is 4.66. The van der Waals surface area contributed by atoms with E-state index in [0.29, 0.717) is 5.69 Å². The molecule has 0 fully saturated rings. The third kappa shape index (κ3) is 4.33. The molecule has 0 saturated heterocycles. The Morgan fingerprint density at radius 1 is 1.33 bits per heavy atom. The molecular weight excluding hydrogens is 230 g/mol. The molecule has 1 aromatic rings. The molecule has 0 bridgehead atoms. The molecule has 0 aliphatic rings. The highest BCUT2D eigenvalue weighted by atomic mass is 16.6. The summed E-state index contributed by atoms with van der Waals surface area (Å²) in [5, 5.41) is 14.1. The molecule has 0 atom stereocenters. The van der Waals surface area contributed by atoms with Crippen LogP contribution in [0.5, 0.6) is 0 Å². The van der Waals surface area contributed by atoms with E-state index in [9.17, 15) is 10.1 Å². The highest BCUT2D eigenvalue weighted by Gasteiger charge is 2.14. The Kier molecular flexibility index (Phi) is 5.58. The molecule has 0 heterocycles. The number of hydrogen-bond donors (Lipinski definition) is 1. The van der Waals surface area contributed by atoms with Crippen LogP contribution in [0.25, 0.3) is 0 Å². The Morgan fingerprint density at radius 2 is 2.06 bits per heavy atom. The first kappa shape index (κ1) is 14.4. The van der Waals surface area contributed by atoms with Crippen molar-refractivity contribution in [3.63, 3.8) is 0 Å². The maximum atomic E-state index is 10.9. The molecule has 0 unspecified atom stereocenters. The summed E-state index contributed by atoms with van der Waals surface area (Å²) in [5.41, 5.74) is 1.71. The van der Waals surface area contributed by atoms with Gasteiger partial charge in [-0.15, -0.1) is 0 Å². The number of hydrogen-bond acceptors (Lipinski definition) is 4. The molecule has 18 heavy (non-hydrogen) atoms. The van der Waals surface area contributed by atoms with E-state index in [1.807, 2.05) is 27.1 Å². The van der Waals surface area contributed by atoms with Crippen LogP contribution in [-0.2, 0) is 0 Å². The normalized spacial score (nSPS) is 10.7. The lowest BCUT2D eigenvalue weighted by molar-refractivity contribution is -0.384. The first-order valence-electron chi connectivity index (χ1n) is 6.15. The summed E-state index contributed by atoms with van der Waals surface area (Å²) in [6.07, 6.45) is 2.09. The van der Waals surface area contributed by atoms with Gasteiger partial charge in [0.05, 0.1) is 4.92 Å². The molecule has 0 aliphatic carbocycles. The maximum absolute atomic E-state index is 10.9. The zero-order chi connectivity index (χ0) is 13.5. The second-order valence-corrected chi connectivity index (χ2v) is 4.66. The summed E-state index contributed by atoms with van der Waals surface area (Å²) in [4.78, 5) is 12.7. The average Bonchev–Trinajstić information content (AvgIpc) is 2.29. The van der Waals surface area contributed by atoms with Gasteiger partial charge in [-0.2, -0.15) is 0 Å². The smallest absolute Gasteiger partial charge is 0.292 e. The number of nitro groups is 1. The molecule has 0 aromatic heterocycles. The first-order valence-corrected chi connectivity index (χ1v) is 6.15. The molecule has 5 heteroatoms. The van der Waals surface area contributed by atoms with E-state index in [1.54, 1.807) is 6.07 Å². The van der Waals surface area contributed by atoms with Gasteiger partial charge in [-0.3, -0.25) is 10.1 Å². The van der Waals surface area contributed by atoms with Crippen molar-refractivity contribution in [1.29, 1.82) is 0 Å². The number of nitro benzene ring substituents is 1. The predicted molar refractivity (Wildman–Crippen MR) is 74.1 cm³/mol. The lowest BCUT2D eigenvalue weighted by Gasteiger charge is -2.11. The van der Waals surface area contributed by atoms with E-state index >= 15 is 0 Å². The van der Waals surface area contributed by atoms with Gasteiger partial charge >= 0.3 is 0 Å². The fourth-order valence-corrected chi connectivity index (χ4v) is 1.80. The summed E-state index contributed by atoms with van der Waals surface area (Å²) >= 11 is 0. The quantitative estimate of drug-likeness (QED) is 0.460. The Bertz CT molecular complexity index is 405. The SMILES string of the molecule is Cc1cccc([N+](=O)[O-])c1NCCCCN(C)C. The molecule has 0 aliphatic heterocycles. The van der Waals surface area contributed by atoms with Gasteiger partial charge in [0, 0.05) is 12.6 Å². The molecule has 100 valence electrons. The van der Waals surface area contributed by atoms with E-state index in [-0.39, 0.29) is 10.6 Å². The Labute approximate surface area is 108 Å². The van der Waals surface area contributed by atoms with Crippen LogP contribution < -0.4 is 5.32 Å². The zero-order valence-electron chi connectivity index (χ0n) is 11.3. The number of para-hydroxylation sites is 1. The molecule has 5 nitrogen and oxygen atoms in total. The van der Waals surface area contributed by atoms with Gasteiger partial charge in [-0.25, -0.2) is 0 Å². The van der Waals surface area contributed by atoms with Crippen LogP contribution in [0.4, 0.5) is 11.4 Å². The van der Waals surface area contributed by atoms with E-state index in [2.05, 4.69) is 10.2 Å². The minimum absolute atomic E-state index is 0.155. The molecule has 0 radical (unpaired) electrons. The highest BCUT2D eigenvalue weighted by Crippen LogP contribution is 2.27. The number of unbranched alkanes of at least 4 members (excludes halogenated alkanes) is 1. The average molecular weight is 251 g/mol. The second kappa shape index (κ2) is 6.96. The van der Waals surface area contributed by atoms with Crippen molar-refractivity contribution in [3.8, 4) is 0 Å². The number of nitrogens with one attached hydrogen (secondary N) is 1. The molecule has 0 saturated carbocycles. The highest BCUT2D eigenvalue weighted by molar-refractivity contribution is 5.65. The number of anilines is 1. The van der Waals surface area contributed by atoms with Gasteiger partial charge in [0.25, 0.3) is 5.69 Å². The summed E-state index contributed by atoms with van der Waals surface area (Å²) in [6, 6.07) is 5.13. The van der Waals surface area contributed by atoms with Crippen molar-refractivity contribution in [1.82, 2.24) is 4.90 Å². The molecule has 0 amide bonds. The van der Waals surface area contributed by atoms with Crippen molar-refractivity contribution >= 4 is 11.4 Å². The lowest BCUT2D eigenvalue weighted by atomic mass is 10.1. The van der Waals surface area contributed by atoms with Crippen LogP contribution in [0.15, 0.2) is 18.2 Å². The van der Waals surface area contributed by atoms with Crippen molar-refractivity contribution in [3.05, 3.63) is 33.9 Å². The largest absolute Gasteiger partial charge is 0.379 e. The summed E-state index contributed by atoms with van der Waals surface area (Å²) < 4.78 is 0. The minimum atomic E-state index is -0.338. The fourth-order valence-electron chi connectivity index (χ4n) is 1.80. The summed E-state index contributed by atoms with van der Waals surface area (Å²) in [5.74, 6) is 0. The third-order valence-corrected chi connectivity index (χ3v) is 2.78. The monoisotopic (exact) mass is 251 g/mol. The van der Waals surface area contributed by atoms with Gasteiger partial charge in [0.2, 0.25) is 0 Å².